The number of rotatable bonds is 3. The molecule has 1 aromatic rings. The molecule has 4 aliphatic carbocycles. The summed E-state index contributed by atoms with van der Waals surface area (Å²) < 4.78 is 0. The average Bonchev–Trinajstić information content (AvgIpc) is 2.47. The minimum Gasteiger partial charge on any atom is -0.332 e. The minimum atomic E-state index is -0.443. The highest BCUT2D eigenvalue weighted by Crippen LogP contribution is 2.55. The monoisotopic (exact) mass is 329 g/mol. The number of hydrogen-bond donors (Lipinski definition) is 2. The van der Waals surface area contributed by atoms with E-state index in [4.69, 9.17) is 0 Å². The number of carbonyl (C=O) groups excluding carboxylic acids is 1. The highest BCUT2D eigenvalue weighted by molar-refractivity contribution is 5.91. The Balaban J connectivity index is 1.48. The van der Waals surface area contributed by atoms with Crippen molar-refractivity contribution in [3.8, 4) is 0 Å². The van der Waals surface area contributed by atoms with Gasteiger partial charge in [-0.15, -0.1) is 0 Å². The Morgan fingerprint density at radius 1 is 1.17 bits per heavy atom. The number of nitrogens with one attached hydrogen (secondary N) is 2. The number of aryl methyl sites for hydroxylation is 1. The van der Waals surface area contributed by atoms with Crippen LogP contribution in [0.25, 0.3) is 0 Å². The second-order valence-electron chi connectivity index (χ2n) is 8.03. The average molecular weight is 329 g/mol. The van der Waals surface area contributed by atoms with Gasteiger partial charge in [-0.05, 0) is 68.8 Å². The quantitative estimate of drug-likeness (QED) is 0.649. The fraction of sp³-hybridized carbons (Fsp3) is 0.611. The molecule has 0 radical (unpaired) electrons. The Hall–Kier alpha value is -2.11. The van der Waals surface area contributed by atoms with Crippen LogP contribution in [-0.2, 0) is 0 Å². The van der Waals surface area contributed by atoms with Gasteiger partial charge in [0, 0.05) is 17.7 Å². The predicted molar refractivity (Wildman–Crippen MR) is 90.9 cm³/mol. The number of urea groups is 1. The molecule has 0 spiro atoms. The maximum Gasteiger partial charge on any atom is 0.319 e. The maximum atomic E-state index is 12.5. The first-order valence-corrected chi connectivity index (χ1v) is 8.77. The summed E-state index contributed by atoms with van der Waals surface area (Å²) in [6.45, 7) is 1.84. The van der Waals surface area contributed by atoms with Crippen molar-refractivity contribution in [2.24, 2.45) is 17.8 Å². The van der Waals surface area contributed by atoms with E-state index in [1.54, 1.807) is 6.07 Å². The fourth-order valence-corrected chi connectivity index (χ4v) is 5.52. The molecule has 128 valence electrons. The van der Waals surface area contributed by atoms with Crippen LogP contribution in [0.4, 0.5) is 16.2 Å². The number of amides is 2. The van der Waals surface area contributed by atoms with Gasteiger partial charge >= 0.3 is 6.03 Å². The number of benzene rings is 1. The Kier molecular flexibility index (Phi) is 3.51. The van der Waals surface area contributed by atoms with Crippen LogP contribution in [0.2, 0.25) is 0 Å². The number of hydrogen-bond acceptors (Lipinski definition) is 3. The minimum absolute atomic E-state index is 0.00861. The van der Waals surface area contributed by atoms with Crippen LogP contribution < -0.4 is 10.6 Å². The standard InChI is InChI=1S/C18H23N3O3/c1-11-2-3-15(21(23)24)7-16(11)19-17(22)20-18-8-12-4-13(9-18)6-14(5-12)10-18/h2-3,7,12-14H,4-6,8-10H2,1H3,(H2,19,20,22). The van der Waals surface area contributed by atoms with Crippen molar-refractivity contribution in [3.05, 3.63) is 33.9 Å². The summed E-state index contributed by atoms with van der Waals surface area (Å²) in [5.41, 5.74) is 1.26. The van der Waals surface area contributed by atoms with Crippen LogP contribution in [0.15, 0.2) is 18.2 Å². The molecular formula is C18H23N3O3. The molecule has 0 saturated heterocycles. The van der Waals surface area contributed by atoms with Crippen molar-refractivity contribution < 1.29 is 9.72 Å². The lowest BCUT2D eigenvalue weighted by Crippen LogP contribution is -2.60. The van der Waals surface area contributed by atoms with E-state index in [0.29, 0.717) is 5.69 Å². The molecule has 4 bridgehead atoms. The number of non-ortho nitro benzene ring substituents is 1. The molecule has 4 saturated carbocycles. The zero-order chi connectivity index (χ0) is 16.9. The van der Waals surface area contributed by atoms with Gasteiger partial charge < -0.3 is 10.6 Å². The van der Waals surface area contributed by atoms with Crippen LogP contribution in [0.1, 0.15) is 44.1 Å². The molecule has 0 heterocycles. The third-order valence-electron chi connectivity index (χ3n) is 6.10. The normalized spacial score (nSPS) is 33.3. The van der Waals surface area contributed by atoms with Gasteiger partial charge in [0.2, 0.25) is 0 Å². The first kappa shape index (κ1) is 15.4. The summed E-state index contributed by atoms with van der Waals surface area (Å²) >= 11 is 0. The van der Waals surface area contributed by atoms with Crippen molar-refractivity contribution in [1.82, 2.24) is 5.32 Å². The lowest BCUT2D eigenvalue weighted by atomic mass is 9.53. The van der Waals surface area contributed by atoms with Gasteiger partial charge in [0.15, 0.2) is 0 Å². The van der Waals surface area contributed by atoms with E-state index in [1.165, 1.54) is 31.4 Å². The summed E-state index contributed by atoms with van der Waals surface area (Å²) in [6, 6.07) is 4.31. The molecule has 6 nitrogen and oxygen atoms in total. The molecule has 0 aromatic heterocycles. The van der Waals surface area contributed by atoms with E-state index in [9.17, 15) is 14.9 Å². The second kappa shape index (κ2) is 5.46. The molecule has 4 aliphatic rings. The summed E-state index contributed by atoms with van der Waals surface area (Å²) in [5, 5.41) is 17.0. The molecule has 6 heteroatoms. The van der Waals surface area contributed by atoms with Gasteiger partial charge in [-0.3, -0.25) is 10.1 Å². The molecule has 5 rings (SSSR count). The van der Waals surface area contributed by atoms with Crippen LogP contribution in [-0.4, -0.2) is 16.5 Å². The van der Waals surface area contributed by atoms with Gasteiger partial charge in [-0.25, -0.2) is 4.79 Å². The third-order valence-corrected chi connectivity index (χ3v) is 6.10. The SMILES string of the molecule is Cc1ccc([N+](=O)[O-])cc1NC(=O)NC12CC3CC(CC(C3)C1)C2. The molecule has 1 aromatic carbocycles. The number of anilines is 1. The fourth-order valence-electron chi connectivity index (χ4n) is 5.52. The van der Waals surface area contributed by atoms with Crippen LogP contribution in [0.5, 0.6) is 0 Å². The lowest BCUT2D eigenvalue weighted by molar-refractivity contribution is -0.384. The highest BCUT2D eigenvalue weighted by atomic mass is 16.6. The first-order valence-electron chi connectivity index (χ1n) is 8.77. The summed E-state index contributed by atoms with van der Waals surface area (Å²) in [6.07, 6.45) is 7.23. The van der Waals surface area contributed by atoms with Gasteiger partial charge in [-0.1, -0.05) is 6.07 Å². The number of nitrogens with zero attached hydrogens (tertiary/aromatic N) is 1. The van der Waals surface area contributed by atoms with Crippen LogP contribution >= 0.6 is 0 Å². The number of nitro groups is 1. The topological polar surface area (TPSA) is 84.3 Å². The molecule has 0 unspecified atom stereocenters. The Morgan fingerprint density at radius 3 is 2.29 bits per heavy atom. The second-order valence-corrected chi connectivity index (χ2v) is 8.03. The Bertz CT molecular complexity index is 665. The molecule has 0 atom stereocenters. The van der Waals surface area contributed by atoms with E-state index in [2.05, 4.69) is 10.6 Å². The number of carbonyl (C=O) groups is 1. The largest absolute Gasteiger partial charge is 0.332 e. The first-order chi connectivity index (χ1) is 11.4. The smallest absolute Gasteiger partial charge is 0.319 e. The molecule has 2 amide bonds. The van der Waals surface area contributed by atoms with Gasteiger partial charge in [-0.2, -0.15) is 0 Å². The van der Waals surface area contributed by atoms with Gasteiger partial charge in [0.05, 0.1) is 10.6 Å². The van der Waals surface area contributed by atoms with E-state index in [0.717, 1.165) is 42.6 Å². The summed E-state index contributed by atoms with van der Waals surface area (Å²) in [5.74, 6) is 2.28. The van der Waals surface area contributed by atoms with E-state index in [1.807, 2.05) is 6.92 Å². The maximum absolute atomic E-state index is 12.5. The van der Waals surface area contributed by atoms with E-state index in [-0.39, 0.29) is 17.3 Å². The lowest BCUT2D eigenvalue weighted by Gasteiger charge is -2.56. The van der Waals surface area contributed by atoms with Gasteiger partial charge in [0.25, 0.3) is 5.69 Å². The summed E-state index contributed by atoms with van der Waals surface area (Å²) in [7, 11) is 0. The number of nitro benzene ring substituents is 1. The van der Waals surface area contributed by atoms with Crippen molar-refractivity contribution in [2.45, 2.75) is 51.0 Å². The zero-order valence-electron chi connectivity index (χ0n) is 13.9. The van der Waals surface area contributed by atoms with E-state index >= 15 is 0 Å². The van der Waals surface area contributed by atoms with Crippen LogP contribution in [0, 0.1) is 34.8 Å². The van der Waals surface area contributed by atoms with Crippen molar-refractivity contribution in [3.63, 3.8) is 0 Å². The zero-order valence-corrected chi connectivity index (χ0v) is 13.9. The predicted octanol–water partition coefficient (Wildman–Crippen LogP) is 3.99. The molecule has 4 fully saturated rings. The molecule has 0 aliphatic heterocycles. The van der Waals surface area contributed by atoms with Crippen molar-refractivity contribution in [2.75, 3.05) is 5.32 Å². The Morgan fingerprint density at radius 2 is 1.75 bits per heavy atom. The van der Waals surface area contributed by atoms with Crippen molar-refractivity contribution in [1.29, 1.82) is 0 Å². The highest BCUT2D eigenvalue weighted by Gasteiger charge is 2.51. The molecular weight excluding hydrogens is 306 g/mol. The Labute approximate surface area is 141 Å². The molecule has 2 N–H and O–H groups in total. The molecule has 24 heavy (non-hydrogen) atoms. The summed E-state index contributed by atoms with van der Waals surface area (Å²) in [4.78, 5) is 23.0. The van der Waals surface area contributed by atoms with Crippen molar-refractivity contribution >= 4 is 17.4 Å². The third kappa shape index (κ3) is 2.74. The van der Waals surface area contributed by atoms with Crippen LogP contribution in [0.3, 0.4) is 0 Å². The van der Waals surface area contributed by atoms with Gasteiger partial charge in [0.1, 0.15) is 0 Å². The van der Waals surface area contributed by atoms with E-state index < -0.39 is 4.92 Å².